The molecule has 0 aliphatic carbocycles. The lowest BCUT2D eigenvalue weighted by Gasteiger charge is -2.38. The van der Waals surface area contributed by atoms with Crippen molar-refractivity contribution in [3.63, 3.8) is 0 Å². The van der Waals surface area contributed by atoms with Crippen molar-refractivity contribution < 1.29 is 33.8 Å². The molecule has 0 atom stereocenters. The van der Waals surface area contributed by atoms with Gasteiger partial charge in [0, 0.05) is 26.2 Å². The van der Waals surface area contributed by atoms with Gasteiger partial charge in [0.15, 0.2) is 0 Å². The van der Waals surface area contributed by atoms with Crippen molar-refractivity contribution in [2.75, 3.05) is 39.4 Å². The minimum Gasteiger partial charge on any atom is -0.459 e. The summed E-state index contributed by atoms with van der Waals surface area (Å²) in [7, 11) is 0. The number of carbonyl (C=O) groups is 4. The topological polar surface area (TPSA) is 113 Å². The summed E-state index contributed by atoms with van der Waals surface area (Å²) in [5.74, 6) is -2.76. The predicted octanol–water partition coefficient (Wildman–Crippen LogP) is 2.93. The van der Waals surface area contributed by atoms with Crippen molar-refractivity contribution in [3.05, 3.63) is 77.9 Å². The van der Waals surface area contributed by atoms with E-state index in [0.717, 1.165) is 12.0 Å². The molecule has 0 radical (unpaired) electrons. The van der Waals surface area contributed by atoms with Crippen molar-refractivity contribution >= 4 is 29.3 Å². The van der Waals surface area contributed by atoms with E-state index in [2.05, 4.69) is 12.1 Å². The molecule has 4 rings (SSSR count). The van der Waals surface area contributed by atoms with E-state index >= 15 is 0 Å². The lowest BCUT2D eigenvalue weighted by Crippen LogP contribution is -2.47. The molecule has 2 aliphatic rings. The summed E-state index contributed by atoms with van der Waals surface area (Å²) < 4.78 is 9.42. The normalized spacial score (nSPS) is 16.2. The molecule has 9 heteroatoms. The SMILES string of the molecule is CCOC(=O)C(=O)N1CC=C(c2ccccc2)CC1.CCOC(=O)C(=O)N1CCC(O)(c2ccccc2)CC1. The number of piperidine rings is 1. The number of nitrogens with zero attached hydrogens (tertiary/aromatic N) is 2. The van der Waals surface area contributed by atoms with Crippen LogP contribution >= 0.6 is 0 Å². The van der Waals surface area contributed by atoms with Gasteiger partial charge in [0.2, 0.25) is 0 Å². The monoisotopic (exact) mass is 536 g/mol. The smallest absolute Gasteiger partial charge is 0.397 e. The highest BCUT2D eigenvalue weighted by Crippen LogP contribution is 2.32. The van der Waals surface area contributed by atoms with Crippen LogP contribution in [0.3, 0.4) is 0 Å². The van der Waals surface area contributed by atoms with Crippen molar-refractivity contribution in [3.8, 4) is 0 Å². The van der Waals surface area contributed by atoms with Gasteiger partial charge in [0.05, 0.1) is 18.8 Å². The first-order valence-corrected chi connectivity index (χ1v) is 13.2. The number of amides is 2. The Balaban J connectivity index is 0.000000216. The Labute approximate surface area is 229 Å². The first-order valence-electron chi connectivity index (χ1n) is 13.2. The number of benzene rings is 2. The number of hydrogen-bond acceptors (Lipinski definition) is 7. The Kier molecular flexibility index (Phi) is 10.8. The van der Waals surface area contributed by atoms with E-state index in [9.17, 15) is 24.3 Å². The quantitative estimate of drug-likeness (QED) is 0.472. The molecule has 2 aliphatic heterocycles. The second kappa shape index (κ2) is 14.2. The van der Waals surface area contributed by atoms with Crippen LogP contribution in [0.15, 0.2) is 66.7 Å². The predicted molar refractivity (Wildman–Crippen MR) is 145 cm³/mol. The molecular formula is C30H36N2O7. The summed E-state index contributed by atoms with van der Waals surface area (Å²) >= 11 is 0. The van der Waals surface area contributed by atoms with Crippen LogP contribution in [0.1, 0.15) is 44.2 Å². The van der Waals surface area contributed by atoms with Gasteiger partial charge in [-0.15, -0.1) is 0 Å². The zero-order chi connectivity index (χ0) is 28.3. The lowest BCUT2D eigenvalue weighted by molar-refractivity contribution is -0.162. The average molecular weight is 537 g/mol. The second-order valence-electron chi connectivity index (χ2n) is 9.23. The number of rotatable bonds is 4. The molecule has 2 aromatic rings. The molecule has 39 heavy (non-hydrogen) atoms. The van der Waals surface area contributed by atoms with E-state index in [0.29, 0.717) is 39.0 Å². The van der Waals surface area contributed by atoms with Gasteiger partial charge >= 0.3 is 23.8 Å². The molecular weight excluding hydrogens is 500 g/mol. The summed E-state index contributed by atoms with van der Waals surface area (Å²) in [4.78, 5) is 49.3. The zero-order valence-electron chi connectivity index (χ0n) is 22.5. The first kappa shape index (κ1) is 29.6. The molecule has 0 aromatic heterocycles. The molecule has 0 unspecified atom stereocenters. The molecule has 1 N–H and O–H groups in total. The molecule has 208 valence electrons. The number of esters is 2. The van der Waals surface area contributed by atoms with Crippen molar-refractivity contribution in [2.24, 2.45) is 0 Å². The highest BCUT2D eigenvalue weighted by atomic mass is 16.5. The van der Waals surface area contributed by atoms with Crippen LogP contribution in [0.5, 0.6) is 0 Å². The highest BCUT2D eigenvalue weighted by Gasteiger charge is 2.37. The standard InChI is InChI=1S/C15H19NO4.C15H17NO3/c1-2-20-14(18)13(17)16-10-8-15(19,9-11-16)12-6-4-3-5-7-12;1-2-19-15(18)14(17)16-10-8-13(9-11-16)12-6-4-3-5-7-12/h3-7,19H,2,8-11H2,1H3;3-8H,2,9-11H2,1H3. The van der Waals surface area contributed by atoms with E-state index in [1.807, 2.05) is 54.6 Å². The molecule has 1 saturated heterocycles. The number of likely N-dealkylation sites (tertiary alicyclic amines) is 1. The van der Waals surface area contributed by atoms with Gasteiger partial charge in [-0.3, -0.25) is 9.59 Å². The minimum absolute atomic E-state index is 0.187. The van der Waals surface area contributed by atoms with Crippen molar-refractivity contribution in [1.29, 1.82) is 0 Å². The van der Waals surface area contributed by atoms with Crippen LogP contribution in [0.4, 0.5) is 0 Å². The first-order chi connectivity index (χ1) is 18.8. The van der Waals surface area contributed by atoms with Crippen molar-refractivity contribution in [2.45, 2.75) is 38.7 Å². The van der Waals surface area contributed by atoms with Gasteiger partial charge in [0.1, 0.15) is 0 Å². The number of carbonyl (C=O) groups excluding carboxylic acids is 4. The highest BCUT2D eigenvalue weighted by molar-refractivity contribution is 6.32. The summed E-state index contributed by atoms with van der Waals surface area (Å²) in [6, 6.07) is 19.5. The van der Waals surface area contributed by atoms with Crippen molar-refractivity contribution in [1.82, 2.24) is 9.80 Å². The number of hydrogen-bond donors (Lipinski definition) is 1. The minimum atomic E-state index is -0.924. The Hall–Kier alpha value is -3.98. The molecule has 2 amide bonds. The fourth-order valence-corrected chi connectivity index (χ4v) is 4.53. The fourth-order valence-electron chi connectivity index (χ4n) is 4.53. The second-order valence-corrected chi connectivity index (χ2v) is 9.23. The maximum Gasteiger partial charge on any atom is 0.397 e. The van der Waals surface area contributed by atoms with Gasteiger partial charge in [0.25, 0.3) is 0 Å². The maximum absolute atomic E-state index is 11.8. The van der Waals surface area contributed by atoms with Gasteiger partial charge in [-0.05, 0) is 49.8 Å². The molecule has 9 nitrogen and oxygen atoms in total. The maximum atomic E-state index is 11.8. The lowest BCUT2D eigenvalue weighted by atomic mass is 9.84. The zero-order valence-corrected chi connectivity index (χ0v) is 22.5. The summed E-state index contributed by atoms with van der Waals surface area (Å²) in [6.07, 6.45) is 3.59. The largest absolute Gasteiger partial charge is 0.459 e. The molecule has 0 bridgehead atoms. The third-order valence-electron chi connectivity index (χ3n) is 6.73. The van der Waals surface area contributed by atoms with Gasteiger partial charge in [-0.25, -0.2) is 9.59 Å². The summed E-state index contributed by atoms with van der Waals surface area (Å²) in [6.45, 7) is 5.48. The Bertz CT molecular complexity index is 1160. The Morgan fingerprint density at radius 3 is 1.77 bits per heavy atom. The van der Waals surface area contributed by atoms with Crippen LogP contribution in [-0.2, 0) is 34.3 Å². The molecule has 2 aromatic carbocycles. The van der Waals surface area contributed by atoms with Gasteiger partial charge < -0.3 is 24.4 Å². The molecule has 0 spiro atoms. The van der Waals surface area contributed by atoms with Crippen LogP contribution in [0, 0.1) is 0 Å². The third kappa shape index (κ3) is 8.00. The van der Waals surface area contributed by atoms with Crippen LogP contribution in [-0.4, -0.2) is 78.1 Å². The van der Waals surface area contributed by atoms with Gasteiger partial charge in [-0.1, -0.05) is 66.7 Å². The van der Waals surface area contributed by atoms with Crippen LogP contribution in [0.2, 0.25) is 0 Å². The van der Waals surface area contributed by atoms with Gasteiger partial charge in [-0.2, -0.15) is 0 Å². The Morgan fingerprint density at radius 1 is 0.769 bits per heavy atom. The molecule has 0 saturated carbocycles. The number of ether oxygens (including phenoxy) is 2. The van der Waals surface area contributed by atoms with Crippen LogP contribution < -0.4 is 0 Å². The summed E-state index contributed by atoms with van der Waals surface area (Å²) in [5.41, 5.74) is 2.31. The Morgan fingerprint density at radius 2 is 1.28 bits per heavy atom. The fraction of sp³-hybridized carbons (Fsp3) is 0.400. The summed E-state index contributed by atoms with van der Waals surface area (Å²) in [5, 5.41) is 10.6. The van der Waals surface area contributed by atoms with E-state index in [-0.39, 0.29) is 13.2 Å². The molecule has 2 heterocycles. The van der Waals surface area contributed by atoms with E-state index in [4.69, 9.17) is 9.47 Å². The van der Waals surface area contributed by atoms with E-state index in [1.165, 1.54) is 20.9 Å². The number of aliphatic hydroxyl groups is 1. The molecule has 1 fully saturated rings. The third-order valence-corrected chi connectivity index (χ3v) is 6.73. The van der Waals surface area contributed by atoms with E-state index in [1.54, 1.807) is 13.8 Å². The van der Waals surface area contributed by atoms with E-state index < -0.39 is 29.4 Å². The van der Waals surface area contributed by atoms with Crippen LogP contribution in [0.25, 0.3) is 5.57 Å². The average Bonchev–Trinajstić information content (AvgIpc) is 2.98.